The van der Waals surface area contributed by atoms with Crippen LogP contribution in [0.5, 0.6) is 5.75 Å². The van der Waals surface area contributed by atoms with Gasteiger partial charge in [0.15, 0.2) is 0 Å². The maximum atomic E-state index is 13.7. The molecule has 0 saturated carbocycles. The minimum Gasteiger partial charge on any atom is -0.507 e. The van der Waals surface area contributed by atoms with Crippen molar-refractivity contribution >= 4 is 46.6 Å². The number of hydrogen-bond donors (Lipinski definition) is 1. The van der Waals surface area contributed by atoms with Gasteiger partial charge in [-0.15, -0.1) is 24.2 Å². The lowest BCUT2D eigenvalue weighted by molar-refractivity contribution is 0.0527. The van der Waals surface area contributed by atoms with Gasteiger partial charge in [0.2, 0.25) is 0 Å². The number of benzene rings is 3. The number of phenols is 1. The molecule has 0 aliphatic carbocycles. The largest absolute Gasteiger partial charge is 0.507 e. The van der Waals surface area contributed by atoms with Crippen LogP contribution in [0.2, 0.25) is 0 Å². The molecule has 5 rings (SSSR count). The lowest BCUT2D eigenvalue weighted by atomic mass is 9.96. The number of nitrogens with zero attached hydrogens (tertiary/aromatic N) is 2. The summed E-state index contributed by atoms with van der Waals surface area (Å²) >= 11 is 1.64. The first-order valence-electron chi connectivity index (χ1n) is 13.8. The fraction of sp³-hybridized carbons (Fsp3) is 0.303. The van der Waals surface area contributed by atoms with Gasteiger partial charge in [0.25, 0.3) is 0 Å². The Hall–Kier alpha value is -3.26. The second-order valence-electron chi connectivity index (χ2n) is 10.3. The molecule has 2 heterocycles. The summed E-state index contributed by atoms with van der Waals surface area (Å²) in [7, 11) is 0. The van der Waals surface area contributed by atoms with E-state index >= 15 is 0 Å². The average molecular weight is 595 g/mol. The van der Waals surface area contributed by atoms with E-state index in [-0.39, 0.29) is 30.6 Å². The van der Waals surface area contributed by atoms with Crippen LogP contribution < -0.4 is 0 Å². The Morgan fingerprint density at radius 1 is 1.10 bits per heavy atom. The van der Waals surface area contributed by atoms with Gasteiger partial charge in [-0.25, -0.2) is 9.18 Å². The SMILES string of the molecule is CCOC(=O)c1c(CSc2ccccc2)n(Cc2ccc(F)cc2)c2cc(C3=CCN(C(C)C)CC3)c(O)cc12.Cl. The topological polar surface area (TPSA) is 54.7 Å². The van der Waals surface area contributed by atoms with Gasteiger partial charge in [0.1, 0.15) is 11.6 Å². The second-order valence-corrected chi connectivity index (χ2v) is 11.4. The minimum absolute atomic E-state index is 0. The Morgan fingerprint density at radius 3 is 2.46 bits per heavy atom. The molecule has 0 atom stereocenters. The maximum absolute atomic E-state index is 13.7. The summed E-state index contributed by atoms with van der Waals surface area (Å²) in [5.74, 6) is -0.0231. The molecule has 4 aromatic rings. The van der Waals surface area contributed by atoms with Crippen LogP contribution >= 0.6 is 24.2 Å². The van der Waals surface area contributed by atoms with E-state index in [0.717, 1.165) is 52.3 Å². The molecule has 5 nitrogen and oxygen atoms in total. The van der Waals surface area contributed by atoms with E-state index in [1.807, 2.05) is 36.4 Å². The fourth-order valence-electron chi connectivity index (χ4n) is 5.29. The number of phenolic OH excluding ortho intramolecular Hbond substituents is 1. The van der Waals surface area contributed by atoms with Gasteiger partial charge in [-0.3, -0.25) is 4.90 Å². The van der Waals surface area contributed by atoms with Crippen molar-refractivity contribution in [3.05, 3.63) is 101 Å². The molecule has 0 radical (unpaired) electrons. The van der Waals surface area contributed by atoms with E-state index in [4.69, 9.17) is 4.74 Å². The number of esters is 1. The van der Waals surface area contributed by atoms with Crippen LogP contribution in [-0.2, 0) is 17.0 Å². The summed E-state index contributed by atoms with van der Waals surface area (Å²) in [6.45, 7) is 8.62. The number of halogens is 2. The van der Waals surface area contributed by atoms with E-state index in [1.54, 1.807) is 36.9 Å². The normalized spacial score (nSPS) is 13.7. The molecule has 1 aliphatic heterocycles. The molecule has 216 valence electrons. The van der Waals surface area contributed by atoms with Gasteiger partial charge in [-0.2, -0.15) is 0 Å². The quantitative estimate of drug-likeness (QED) is 0.158. The van der Waals surface area contributed by atoms with Crippen molar-refractivity contribution in [3.8, 4) is 5.75 Å². The maximum Gasteiger partial charge on any atom is 0.340 e. The number of fused-ring (bicyclic) bond motifs is 1. The molecule has 1 aromatic heterocycles. The smallest absolute Gasteiger partial charge is 0.340 e. The van der Waals surface area contributed by atoms with Crippen LogP contribution in [-0.4, -0.2) is 46.3 Å². The van der Waals surface area contributed by atoms with Crippen molar-refractivity contribution in [1.29, 1.82) is 0 Å². The van der Waals surface area contributed by atoms with Gasteiger partial charge in [-0.05, 0) is 74.7 Å². The third-order valence-electron chi connectivity index (χ3n) is 7.46. The Morgan fingerprint density at radius 2 is 1.83 bits per heavy atom. The molecular formula is C33H36ClFN2O3S. The highest BCUT2D eigenvalue weighted by Gasteiger charge is 2.26. The predicted octanol–water partition coefficient (Wildman–Crippen LogP) is 7.92. The highest BCUT2D eigenvalue weighted by atomic mass is 35.5. The summed E-state index contributed by atoms with van der Waals surface area (Å²) in [5.41, 5.74) is 4.92. The van der Waals surface area contributed by atoms with E-state index in [9.17, 15) is 14.3 Å². The van der Waals surface area contributed by atoms with Crippen molar-refractivity contribution in [3.63, 3.8) is 0 Å². The second kappa shape index (κ2) is 13.6. The molecule has 0 saturated heterocycles. The van der Waals surface area contributed by atoms with Gasteiger partial charge >= 0.3 is 5.97 Å². The zero-order valence-corrected chi connectivity index (χ0v) is 25.2. The molecule has 0 amide bonds. The molecule has 8 heteroatoms. The predicted molar refractivity (Wildman–Crippen MR) is 168 cm³/mol. The summed E-state index contributed by atoms with van der Waals surface area (Å²) in [4.78, 5) is 16.9. The van der Waals surface area contributed by atoms with Crippen molar-refractivity contribution in [1.82, 2.24) is 9.47 Å². The highest BCUT2D eigenvalue weighted by Crippen LogP contribution is 2.39. The molecule has 0 bridgehead atoms. The average Bonchev–Trinajstić information content (AvgIpc) is 3.25. The van der Waals surface area contributed by atoms with Crippen molar-refractivity contribution in [2.24, 2.45) is 0 Å². The van der Waals surface area contributed by atoms with Crippen LogP contribution in [0.3, 0.4) is 0 Å². The summed E-state index contributed by atoms with van der Waals surface area (Å²) in [5, 5.41) is 11.9. The van der Waals surface area contributed by atoms with E-state index in [2.05, 4.69) is 29.4 Å². The summed E-state index contributed by atoms with van der Waals surface area (Å²) in [6.07, 6.45) is 3.02. The number of hydrogen-bond acceptors (Lipinski definition) is 5. The molecule has 0 fully saturated rings. The summed E-state index contributed by atoms with van der Waals surface area (Å²) in [6, 6.07) is 20.7. The number of carbonyl (C=O) groups excluding carboxylic acids is 1. The van der Waals surface area contributed by atoms with E-state index in [1.165, 1.54) is 12.1 Å². The molecule has 0 spiro atoms. The van der Waals surface area contributed by atoms with Crippen LogP contribution in [0.15, 0.2) is 77.7 Å². The number of carbonyl (C=O) groups is 1. The number of rotatable bonds is 9. The molecule has 41 heavy (non-hydrogen) atoms. The standard InChI is InChI=1S/C33H35FN2O3S.ClH/c1-4-39-33(38)32-28-19-31(37)27(24-14-16-35(17-15-24)22(2)3)18-29(28)36(20-23-10-12-25(34)13-11-23)30(32)21-40-26-8-6-5-7-9-26;/h5-14,18-19,22,37H,4,15-17,20-21H2,1-3H3;1H. The summed E-state index contributed by atoms with van der Waals surface area (Å²) < 4.78 is 21.4. The van der Waals surface area contributed by atoms with Crippen molar-refractivity contribution in [2.75, 3.05) is 19.7 Å². The number of aromatic hydroxyl groups is 1. The number of ether oxygens (including phenoxy) is 1. The monoisotopic (exact) mass is 594 g/mol. The van der Waals surface area contributed by atoms with Crippen LogP contribution in [0, 0.1) is 5.82 Å². The third-order valence-corrected chi connectivity index (χ3v) is 8.48. The molecule has 3 aromatic carbocycles. The number of thioether (sulfide) groups is 1. The van der Waals surface area contributed by atoms with Crippen LogP contribution in [0.4, 0.5) is 4.39 Å². The van der Waals surface area contributed by atoms with Gasteiger partial charge in [0.05, 0.1) is 17.7 Å². The third kappa shape index (κ3) is 6.80. The molecule has 1 aliphatic rings. The van der Waals surface area contributed by atoms with Crippen molar-refractivity contribution < 1.29 is 19.0 Å². The van der Waals surface area contributed by atoms with Crippen molar-refractivity contribution in [2.45, 2.75) is 50.4 Å². The highest BCUT2D eigenvalue weighted by molar-refractivity contribution is 7.98. The molecule has 0 unspecified atom stereocenters. The Kier molecular flexibility index (Phi) is 10.2. The molecular weight excluding hydrogens is 559 g/mol. The van der Waals surface area contributed by atoms with Crippen LogP contribution in [0.25, 0.3) is 16.5 Å². The Labute approximate surface area is 251 Å². The Bertz CT molecular complexity index is 1530. The lowest BCUT2D eigenvalue weighted by Crippen LogP contribution is -2.34. The lowest BCUT2D eigenvalue weighted by Gasteiger charge is -2.30. The fourth-order valence-corrected chi connectivity index (χ4v) is 6.25. The van der Waals surface area contributed by atoms with Gasteiger partial charge < -0.3 is 14.4 Å². The van der Waals surface area contributed by atoms with Crippen LogP contribution in [0.1, 0.15) is 54.4 Å². The first-order chi connectivity index (χ1) is 19.4. The zero-order valence-electron chi connectivity index (χ0n) is 23.6. The van der Waals surface area contributed by atoms with E-state index < -0.39 is 5.97 Å². The minimum atomic E-state index is -0.411. The van der Waals surface area contributed by atoms with Gasteiger partial charge in [0, 0.05) is 53.0 Å². The first kappa shape index (κ1) is 30.7. The van der Waals surface area contributed by atoms with E-state index in [0.29, 0.717) is 29.3 Å². The number of aromatic nitrogens is 1. The Balaban J connectivity index is 0.00000387. The first-order valence-corrected chi connectivity index (χ1v) is 14.7. The zero-order chi connectivity index (χ0) is 28.2. The van der Waals surface area contributed by atoms with Gasteiger partial charge in [-0.1, -0.05) is 36.4 Å². The molecule has 1 N–H and O–H groups in total.